The average molecular weight is 416 g/mol. The molecule has 2 atom stereocenters. The first-order chi connectivity index (χ1) is 12.0. The van der Waals surface area contributed by atoms with Crippen LogP contribution in [0.25, 0.3) is 0 Å². The van der Waals surface area contributed by atoms with E-state index in [9.17, 15) is 4.79 Å². The standard InChI is InChI=1S/C21H33N3O.2ClH/c1-21(22)13-7-6-10-19(21)20(25)23(2)18-11-14-24(15-12-18)16-17-8-4-3-5-9-17;;/h3-5,8-9,18-19H,6-7,10-16,22H2,1-2H3;2*1H. The lowest BCUT2D eigenvalue weighted by atomic mass is 9.74. The number of piperidine rings is 1. The van der Waals surface area contributed by atoms with Gasteiger partial charge in [-0.05, 0) is 38.2 Å². The molecule has 2 N–H and O–H groups in total. The van der Waals surface area contributed by atoms with E-state index in [0.717, 1.165) is 58.2 Å². The van der Waals surface area contributed by atoms with Gasteiger partial charge in [-0.1, -0.05) is 43.2 Å². The first kappa shape index (κ1) is 24.2. The normalized spacial score (nSPS) is 26.6. The van der Waals surface area contributed by atoms with Gasteiger partial charge in [0.2, 0.25) is 5.91 Å². The molecule has 1 saturated carbocycles. The fourth-order valence-corrected chi connectivity index (χ4v) is 4.50. The highest BCUT2D eigenvalue weighted by atomic mass is 35.5. The SMILES string of the molecule is CN(C(=O)C1CCCCC1(C)N)C1CCN(Cc2ccccc2)CC1.Cl.Cl. The minimum atomic E-state index is -0.336. The van der Waals surface area contributed by atoms with Gasteiger partial charge in [-0.25, -0.2) is 0 Å². The molecule has 2 unspecified atom stereocenters. The van der Waals surface area contributed by atoms with Gasteiger partial charge in [0, 0.05) is 38.3 Å². The monoisotopic (exact) mass is 415 g/mol. The molecule has 1 amide bonds. The van der Waals surface area contributed by atoms with Crippen LogP contribution in [-0.4, -0.2) is 47.4 Å². The second kappa shape index (κ2) is 10.7. The van der Waals surface area contributed by atoms with Crippen molar-refractivity contribution in [1.29, 1.82) is 0 Å². The summed E-state index contributed by atoms with van der Waals surface area (Å²) in [6, 6.07) is 11.0. The third kappa shape index (κ3) is 6.08. The molecule has 4 nitrogen and oxygen atoms in total. The first-order valence-electron chi connectivity index (χ1n) is 9.79. The summed E-state index contributed by atoms with van der Waals surface area (Å²) in [6.45, 7) is 5.18. The molecule has 1 heterocycles. The largest absolute Gasteiger partial charge is 0.342 e. The lowest BCUT2D eigenvalue weighted by Crippen LogP contribution is -2.55. The van der Waals surface area contributed by atoms with Gasteiger partial charge >= 0.3 is 0 Å². The molecule has 1 aliphatic carbocycles. The van der Waals surface area contributed by atoms with E-state index in [0.29, 0.717) is 6.04 Å². The highest BCUT2D eigenvalue weighted by Gasteiger charge is 2.40. The van der Waals surface area contributed by atoms with Crippen molar-refractivity contribution in [3.05, 3.63) is 35.9 Å². The molecule has 27 heavy (non-hydrogen) atoms. The summed E-state index contributed by atoms with van der Waals surface area (Å²) < 4.78 is 0. The summed E-state index contributed by atoms with van der Waals surface area (Å²) in [7, 11) is 1.99. The molecule has 0 spiro atoms. The summed E-state index contributed by atoms with van der Waals surface area (Å²) in [5.74, 6) is 0.264. The summed E-state index contributed by atoms with van der Waals surface area (Å²) in [5.41, 5.74) is 7.47. The Morgan fingerprint density at radius 3 is 2.37 bits per heavy atom. The number of halogens is 2. The highest BCUT2D eigenvalue weighted by molar-refractivity contribution is 5.85. The lowest BCUT2D eigenvalue weighted by molar-refractivity contribution is -0.140. The fraction of sp³-hybridized carbons (Fsp3) is 0.667. The second-order valence-corrected chi connectivity index (χ2v) is 8.25. The first-order valence-corrected chi connectivity index (χ1v) is 9.79. The lowest BCUT2D eigenvalue weighted by Gasteiger charge is -2.43. The quantitative estimate of drug-likeness (QED) is 0.811. The molecular weight excluding hydrogens is 381 g/mol. The van der Waals surface area contributed by atoms with E-state index in [-0.39, 0.29) is 42.2 Å². The molecule has 0 bridgehead atoms. The van der Waals surface area contributed by atoms with Crippen molar-refractivity contribution < 1.29 is 4.79 Å². The number of carbonyl (C=O) groups excluding carboxylic acids is 1. The van der Waals surface area contributed by atoms with Crippen LogP contribution in [0, 0.1) is 5.92 Å². The smallest absolute Gasteiger partial charge is 0.227 e. The Labute approximate surface area is 176 Å². The second-order valence-electron chi connectivity index (χ2n) is 8.25. The van der Waals surface area contributed by atoms with Crippen molar-refractivity contribution in [3.8, 4) is 0 Å². The van der Waals surface area contributed by atoms with Gasteiger partial charge in [0.15, 0.2) is 0 Å². The molecule has 3 rings (SSSR count). The topological polar surface area (TPSA) is 49.6 Å². The summed E-state index contributed by atoms with van der Waals surface area (Å²) >= 11 is 0. The van der Waals surface area contributed by atoms with E-state index in [1.807, 2.05) is 11.9 Å². The van der Waals surface area contributed by atoms with Crippen molar-refractivity contribution in [1.82, 2.24) is 9.80 Å². The van der Waals surface area contributed by atoms with Crippen molar-refractivity contribution >= 4 is 30.7 Å². The zero-order valence-corrected chi connectivity index (χ0v) is 18.2. The van der Waals surface area contributed by atoms with E-state index < -0.39 is 0 Å². The van der Waals surface area contributed by atoms with E-state index in [2.05, 4.69) is 42.2 Å². The highest BCUT2D eigenvalue weighted by Crippen LogP contribution is 2.33. The Morgan fingerprint density at radius 2 is 1.78 bits per heavy atom. The van der Waals surface area contributed by atoms with Crippen LogP contribution in [-0.2, 0) is 11.3 Å². The van der Waals surface area contributed by atoms with Gasteiger partial charge in [-0.15, -0.1) is 24.8 Å². The van der Waals surface area contributed by atoms with Gasteiger partial charge in [0.25, 0.3) is 0 Å². The van der Waals surface area contributed by atoms with Crippen LogP contribution >= 0.6 is 24.8 Å². The van der Waals surface area contributed by atoms with Crippen LogP contribution in [0.5, 0.6) is 0 Å². The van der Waals surface area contributed by atoms with Gasteiger partial charge < -0.3 is 10.6 Å². The van der Waals surface area contributed by atoms with Gasteiger partial charge in [-0.3, -0.25) is 9.69 Å². The van der Waals surface area contributed by atoms with Crippen LogP contribution < -0.4 is 5.73 Å². The molecule has 1 saturated heterocycles. The van der Waals surface area contributed by atoms with E-state index in [4.69, 9.17) is 5.73 Å². The molecule has 6 heteroatoms. The maximum atomic E-state index is 13.0. The van der Waals surface area contributed by atoms with Crippen LogP contribution in [0.2, 0.25) is 0 Å². The Hall–Kier alpha value is -0.810. The Bertz CT molecular complexity index is 574. The van der Waals surface area contributed by atoms with E-state index in [1.165, 1.54) is 5.56 Å². The number of hydrogen-bond acceptors (Lipinski definition) is 3. The van der Waals surface area contributed by atoms with Crippen molar-refractivity contribution in [3.63, 3.8) is 0 Å². The zero-order valence-electron chi connectivity index (χ0n) is 16.6. The van der Waals surface area contributed by atoms with Crippen LogP contribution in [0.15, 0.2) is 30.3 Å². The Balaban J connectivity index is 0.00000182. The maximum absolute atomic E-state index is 13.0. The summed E-state index contributed by atoms with van der Waals surface area (Å²) in [4.78, 5) is 17.5. The Kier molecular flexibility index (Phi) is 9.56. The number of nitrogens with zero attached hydrogens (tertiary/aromatic N) is 2. The number of likely N-dealkylation sites (tertiary alicyclic amines) is 1. The minimum absolute atomic E-state index is 0. The summed E-state index contributed by atoms with van der Waals surface area (Å²) in [6.07, 6.45) is 6.31. The number of hydrogen-bond donors (Lipinski definition) is 1. The van der Waals surface area contributed by atoms with Gasteiger partial charge in [0.05, 0.1) is 5.92 Å². The number of benzene rings is 1. The Morgan fingerprint density at radius 1 is 1.15 bits per heavy atom. The van der Waals surface area contributed by atoms with Crippen LogP contribution in [0.1, 0.15) is 51.0 Å². The maximum Gasteiger partial charge on any atom is 0.227 e. The molecule has 2 aliphatic rings. The zero-order chi connectivity index (χ0) is 17.9. The molecule has 1 aromatic rings. The fourth-order valence-electron chi connectivity index (χ4n) is 4.50. The van der Waals surface area contributed by atoms with Crippen LogP contribution in [0.4, 0.5) is 0 Å². The molecular formula is C21H35Cl2N3O. The molecule has 2 fully saturated rings. The van der Waals surface area contributed by atoms with Gasteiger partial charge in [0.1, 0.15) is 0 Å². The molecule has 0 aromatic heterocycles. The predicted molar refractivity (Wildman–Crippen MR) is 117 cm³/mol. The predicted octanol–water partition coefficient (Wildman–Crippen LogP) is 3.86. The molecule has 154 valence electrons. The molecule has 0 radical (unpaired) electrons. The minimum Gasteiger partial charge on any atom is -0.342 e. The van der Waals surface area contributed by atoms with E-state index in [1.54, 1.807) is 0 Å². The number of nitrogens with two attached hydrogens (primary N) is 1. The van der Waals surface area contributed by atoms with Gasteiger partial charge in [-0.2, -0.15) is 0 Å². The molecule has 1 aromatic carbocycles. The third-order valence-corrected chi connectivity index (χ3v) is 6.25. The van der Waals surface area contributed by atoms with Crippen molar-refractivity contribution in [2.75, 3.05) is 20.1 Å². The number of rotatable bonds is 4. The van der Waals surface area contributed by atoms with E-state index >= 15 is 0 Å². The van der Waals surface area contributed by atoms with Crippen molar-refractivity contribution in [2.24, 2.45) is 11.7 Å². The van der Waals surface area contributed by atoms with Crippen LogP contribution in [0.3, 0.4) is 0 Å². The number of amides is 1. The molecule has 1 aliphatic heterocycles. The summed E-state index contributed by atoms with van der Waals surface area (Å²) in [5, 5.41) is 0. The van der Waals surface area contributed by atoms with Crippen molar-refractivity contribution in [2.45, 2.75) is 63.6 Å². The number of carbonyl (C=O) groups is 1. The average Bonchev–Trinajstić information content (AvgIpc) is 2.62. The third-order valence-electron chi connectivity index (χ3n) is 6.25.